The Labute approximate surface area is 201 Å². The maximum absolute atomic E-state index is 12.1. The second-order valence-corrected chi connectivity index (χ2v) is 8.08. The van der Waals surface area contributed by atoms with E-state index in [0.29, 0.717) is 19.5 Å². The molecule has 1 amide bonds. The number of rotatable bonds is 6. The number of guanidine groups is 1. The van der Waals surface area contributed by atoms with Crippen LogP contribution in [0.2, 0.25) is 0 Å². The lowest BCUT2D eigenvalue weighted by molar-refractivity contribution is -0.116. The Hall–Kier alpha value is -2.07. The van der Waals surface area contributed by atoms with Gasteiger partial charge in [-0.15, -0.1) is 24.0 Å². The third kappa shape index (κ3) is 5.79. The molecule has 0 bridgehead atoms. The van der Waals surface area contributed by atoms with Crippen molar-refractivity contribution in [3.05, 3.63) is 53.5 Å². The molecule has 2 aromatic rings. The molecule has 2 atom stereocenters. The Kier molecular flexibility index (Phi) is 8.36. The van der Waals surface area contributed by atoms with Crippen LogP contribution in [0.1, 0.15) is 48.3 Å². The summed E-state index contributed by atoms with van der Waals surface area (Å²) in [6, 6.07) is 12.3. The lowest BCUT2D eigenvalue weighted by atomic mass is 9.90. The number of halogens is 1. The van der Waals surface area contributed by atoms with Crippen LogP contribution in [0, 0.1) is 6.92 Å². The van der Waals surface area contributed by atoms with E-state index in [1.807, 2.05) is 31.2 Å². The van der Waals surface area contributed by atoms with Gasteiger partial charge in [-0.2, -0.15) is 0 Å². The number of nitrogens with zero attached hydrogens (tertiary/aromatic N) is 2. The minimum atomic E-state index is 0. The minimum absolute atomic E-state index is 0. The van der Waals surface area contributed by atoms with Crippen molar-refractivity contribution in [1.29, 1.82) is 0 Å². The van der Waals surface area contributed by atoms with Gasteiger partial charge in [-0.1, -0.05) is 18.2 Å². The molecule has 2 aliphatic rings. The molecular formula is C23H32IN5O2. The number of hydrogen-bond acceptors (Lipinski definition) is 4. The molecule has 8 heteroatoms. The minimum Gasteiger partial charge on any atom is -0.465 e. The van der Waals surface area contributed by atoms with Crippen LogP contribution in [-0.2, 0) is 4.79 Å². The van der Waals surface area contributed by atoms with E-state index in [-0.39, 0.29) is 41.8 Å². The Bertz CT molecular complexity index is 907. The van der Waals surface area contributed by atoms with Gasteiger partial charge in [0.15, 0.2) is 5.96 Å². The zero-order chi connectivity index (χ0) is 20.9. The number of benzene rings is 1. The van der Waals surface area contributed by atoms with E-state index in [1.165, 1.54) is 18.4 Å². The number of para-hydroxylation sites is 1. The van der Waals surface area contributed by atoms with E-state index in [1.54, 1.807) is 7.05 Å². The van der Waals surface area contributed by atoms with Gasteiger partial charge in [0.25, 0.3) is 0 Å². The van der Waals surface area contributed by atoms with E-state index in [0.717, 1.165) is 36.3 Å². The molecule has 7 nitrogen and oxygen atoms in total. The maximum Gasteiger partial charge on any atom is 0.225 e. The number of fused-ring (bicyclic) bond motifs is 1. The largest absolute Gasteiger partial charge is 0.465 e. The highest BCUT2D eigenvalue weighted by atomic mass is 127. The first kappa shape index (κ1) is 23.6. The fraction of sp³-hybridized carbons (Fsp3) is 0.478. The highest BCUT2D eigenvalue weighted by Crippen LogP contribution is 2.31. The summed E-state index contributed by atoms with van der Waals surface area (Å²) in [4.78, 5) is 18.9. The van der Waals surface area contributed by atoms with E-state index in [2.05, 4.69) is 38.0 Å². The zero-order valence-electron chi connectivity index (χ0n) is 18.2. The Morgan fingerprint density at radius 2 is 2.00 bits per heavy atom. The molecule has 31 heavy (non-hydrogen) atoms. The standard InChI is InChI=1S/C23H31N5O2.HI/c1-16-9-10-21(30-16)20(28-11-5-6-12-28)15-26-23(24-2)25-14-17-13-22(29)27-19-8-4-3-7-18(17)19;/h3-4,7-10,17,20H,5-6,11-15H2,1-2H3,(H,27,29)(H2,24,25,26);1H. The number of likely N-dealkylation sites (tertiary alicyclic amines) is 1. The summed E-state index contributed by atoms with van der Waals surface area (Å²) in [5.41, 5.74) is 2.08. The van der Waals surface area contributed by atoms with Gasteiger partial charge in [0.2, 0.25) is 5.91 Å². The lowest BCUT2D eigenvalue weighted by Crippen LogP contribution is -2.44. The predicted octanol–water partition coefficient (Wildman–Crippen LogP) is 3.63. The molecule has 2 unspecified atom stereocenters. The number of aryl methyl sites for hydroxylation is 1. The van der Waals surface area contributed by atoms with E-state index < -0.39 is 0 Å². The number of aliphatic imine (C=N–C) groups is 1. The Morgan fingerprint density at radius 1 is 1.23 bits per heavy atom. The highest BCUT2D eigenvalue weighted by molar-refractivity contribution is 14.0. The number of carbonyl (C=O) groups excluding carboxylic acids is 1. The van der Waals surface area contributed by atoms with Gasteiger partial charge in [-0.25, -0.2) is 0 Å². The van der Waals surface area contributed by atoms with Crippen molar-refractivity contribution >= 4 is 41.5 Å². The normalized spacial score (nSPS) is 19.9. The van der Waals surface area contributed by atoms with Gasteiger partial charge in [0.05, 0.1) is 6.04 Å². The molecule has 0 spiro atoms. The van der Waals surface area contributed by atoms with E-state index in [9.17, 15) is 4.79 Å². The fourth-order valence-corrected chi connectivity index (χ4v) is 4.41. The third-order valence-corrected chi connectivity index (χ3v) is 5.98. The van der Waals surface area contributed by atoms with Crippen LogP contribution in [0.4, 0.5) is 5.69 Å². The number of hydrogen-bond donors (Lipinski definition) is 3. The topological polar surface area (TPSA) is 81.9 Å². The maximum atomic E-state index is 12.1. The first-order chi connectivity index (χ1) is 14.6. The number of furan rings is 1. The van der Waals surface area contributed by atoms with Gasteiger partial charge < -0.3 is 20.4 Å². The lowest BCUT2D eigenvalue weighted by Gasteiger charge is -2.28. The highest BCUT2D eigenvalue weighted by Gasteiger charge is 2.27. The molecule has 4 rings (SSSR count). The van der Waals surface area contributed by atoms with Crippen molar-refractivity contribution in [3.63, 3.8) is 0 Å². The van der Waals surface area contributed by atoms with Crippen LogP contribution in [0.5, 0.6) is 0 Å². The molecule has 3 heterocycles. The molecule has 1 fully saturated rings. The van der Waals surface area contributed by atoms with Crippen LogP contribution in [-0.4, -0.2) is 50.0 Å². The summed E-state index contributed by atoms with van der Waals surface area (Å²) in [5, 5.41) is 9.83. The molecule has 1 aromatic heterocycles. The predicted molar refractivity (Wildman–Crippen MR) is 134 cm³/mol. The van der Waals surface area contributed by atoms with Crippen molar-refractivity contribution in [2.24, 2.45) is 4.99 Å². The Balaban J connectivity index is 0.00000272. The Morgan fingerprint density at radius 3 is 2.71 bits per heavy atom. The van der Waals surface area contributed by atoms with E-state index >= 15 is 0 Å². The van der Waals surface area contributed by atoms with Crippen molar-refractivity contribution in [2.45, 2.75) is 38.1 Å². The van der Waals surface area contributed by atoms with Gasteiger partial charge in [0, 0.05) is 38.2 Å². The molecule has 168 valence electrons. The van der Waals surface area contributed by atoms with Crippen molar-refractivity contribution in [3.8, 4) is 0 Å². The quantitative estimate of drug-likeness (QED) is 0.298. The van der Waals surface area contributed by atoms with Crippen LogP contribution >= 0.6 is 24.0 Å². The fourth-order valence-electron chi connectivity index (χ4n) is 4.41. The first-order valence-corrected chi connectivity index (χ1v) is 10.8. The van der Waals surface area contributed by atoms with Gasteiger partial charge >= 0.3 is 0 Å². The molecular weight excluding hydrogens is 505 g/mol. The van der Waals surface area contributed by atoms with Crippen LogP contribution in [0.15, 0.2) is 45.8 Å². The summed E-state index contributed by atoms with van der Waals surface area (Å²) in [6.45, 7) is 5.53. The number of nitrogens with one attached hydrogen (secondary N) is 3. The molecule has 1 saturated heterocycles. The summed E-state index contributed by atoms with van der Waals surface area (Å²) in [5.74, 6) is 2.86. The van der Waals surface area contributed by atoms with Gasteiger partial charge in [0.1, 0.15) is 11.5 Å². The molecule has 0 radical (unpaired) electrons. The van der Waals surface area contributed by atoms with Crippen LogP contribution in [0.3, 0.4) is 0 Å². The van der Waals surface area contributed by atoms with Crippen molar-refractivity contribution in [2.75, 3.05) is 38.5 Å². The van der Waals surface area contributed by atoms with Gasteiger partial charge in [-0.05, 0) is 56.6 Å². The monoisotopic (exact) mass is 537 g/mol. The number of amides is 1. The van der Waals surface area contributed by atoms with Crippen LogP contribution in [0.25, 0.3) is 0 Å². The third-order valence-electron chi connectivity index (χ3n) is 5.98. The summed E-state index contributed by atoms with van der Waals surface area (Å²) < 4.78 is 5.94. The average molecular weight is 537 g/mol. The average Bonchev–Trinajstić information content (AvgIpc) is 3.42. The second kappa shape index (κ2) is 11.0. The zero-order valence-corrected chi connectivity index (χ0v) is 20.5. The summed E-state index contributed by atoms with van der Waals surface area (Å²) in [6.07, 6.45) is 2.93. The van der Waals surface area contributed by atoms with E-state index in [4.69, 9.17) is 4.42 Å². The number of anilines is 1. The van der Waals surface area contributed by atoms with Crippen LogP contribution < -0.4 is 16.0 Å². The first-order valence-electron chi connectivity index (χ1n) is 10.8. The summed E-state index contributed by atoms with van der Waals surface area (Å²) >= 11 is 0. The smallest absolute Gasteiger partial charge is 0.225 e. The summed E-state index contributed by atoms with van der Waals surface area (Å²) in [7, 11) is 1.78. The van der Waals surface area contributed by atoms with Crippen molar-refractivity contribution < 1.29 is 9.21 Å². The molecule has 0 aliphatic carbocycles. The molecule has 0 saturated carbocycles. The molecule has 1 aromatic carbocycles. The van der Waals surface area contributed by atoms with Crippen molar-refractivity contribution in [1.82, 2.24) is 15.5 Å². The SMILES string of the molecule is CN=C(NCC1CC(=O)Nc2ccccc21)NCC(c1ccc(C)o1)N1CCCC1.I. The molecule has 2 aliphatic heterocycles. The second-order valence-electron chi connectivity index (χ2n) is 8.08. The van der Waals surface area contributed by atoms with Gasteiger partial charge in [-0.3, -0.25) is 14.7 Å². The molecule has 3 N–H and O–H groups in total. The number of carbonyl (C=O) groups is 1.